The van der Waals surface area contributed by atoms with E-state index in [1.165, 1.54) is 10.9 Å². The molecule has 1 aromatic heterocycles. The predicted molar refractivity (Wildman–Crippen MR) is 99.6 cm³/mol. The van der Waals surface area contributed by atoms with E-state index >= 15 is 0 Å². The number of para-hydroxylation sites is 1. The van der Waals surface area contributed by atoms with Gasteiger partial charge in [0.15, 0.2) is 0 Å². The number of nitrogens with one attached hydrogen (secondary N) is 2. The van der Waals surface area contributed by atoms with E-state index in [0.29, 0.717) is 6.54 Å². The molecule has 1 amide bonds. The summed E-state index contributed by atoms with van der Waals surface area (Å²) < 4.78 is 0. The molecule has 136 valence electrons. The van der Waals surface area contributed by atoms with Crippen molar-refractivity contribution in [3.63, 3.8) is 0 Å². The fraction of sp³-hybridized carbons (Fsp3) is 0.526. The van der Waals surface area contributed by atoms with Crippen LogP contribution in [0.1, 0.15) is 12.5 Å². The van der Waals surface area contributed by atoms with Gasteiger partial charge in [0.1, 0.15) is 0 Å². The van der Waals surface area contributed by atoms with Crippen molar-refractivity contribution < 1.29 is 9.90 Å². The van der Waals surface area contributed by atoms with Gasteiger partial charge >= 0.3 is 0 Å². The molecule has 0 saturated carbocycles. The summed E-state index contributed by atoms with van der Waals surface area (Å²) in [4.78, 5) is 20.2. The number of benzene rings is 1. The molecule has 0 bridgehead atoms. The SMILES string of the molecule is CC(C(=O)NCCc1c[nH]c2ccccc12)N1CCN(CCO)CC1. The van der Waals surface area contributed by atoms with Crippen molar-refractivity contribution in [2.45, 2.75) is 19.4 Å². The van der Waals surface area contributed by atoms with Gasteiger partial charge in [-0.25, -0.2) is 0 Å². The maximum atomic E-state index is 12.4. The summed E-state index contributed by atoms with van der Waals surface area (Å²) in [6.07, 6.45) is 2.85. The summed E-state index contributed by atoms with van der Waals surface area (Å²) in [5, 5.41) is 13.3. The third kappa shape index (κ3) is 4.39. The zero-order chi connectivity index (χ0) is 17.6. The van der Waals surface area contributed by atoms with Crippen LogP contribution in [-0.4, -0.2) is 77.7 Å². The van der Waals surface area contributed by atoms with Crippen molar-refractivity contribution in [1.82, 2.24) is 20.1 Å². The van der Waals surface area contributed by atoms with Crippen molar-refractivity contribution in [1.29, 1.82) is 0 Å². The zero-order valence-electron chi connectivity index (χ0n) is 14.9. The standard InChI is InChI=1S/C19H28N4O2/c1-15(23-10-8-22(9-11-23)12-13-24)19(25)20-7-6-16-14-21-18-5-3-2-4-17(16)18/h2-5,14-15,21,24H,6-13H2,1H3,(H,20,25). The number of nitrogens with zero attached hydrogens (tertiary/aromatic N) is 2. The molecule has 0 spiro atoms. The highest BCUT2D eigenvalue weighted by atomic mass is 16.3. The maximum Gasteiger partial charge on any atom is 0.237 e. The van der Waals surface area contributed by atoms with Gasteiger partial charge in [-0.2, -0.15) is 0 Å². The van der Waals surface area contributed by atoms with E-state index in [0.717, 1.165) is 44.7 Å². The number of aromatic nitrogens is 1. The van der Waals surface area contributed by atoms with Crippen LogP contribution < -0.4 is 5.32 Å². The van der Waals surface area contributed by atoms with Crippen molar-refractivity contribution in [2.24, 2.45) is 0 Å². The largest absolute Gasteiger partial charge is 0.395 e. The summed E-state index contributed by atoms with van der Waals surface area (Å²) in [5.74, 6) is 0.0930. The molecule has 0 aliphatic carbocycles. The summed E-state index contributed by atoms with van der Waals surface area (Å²) >= 11 is 0. The van der Waals surface area contributed by atoms with Crippen LogP contribution in [0.3, 0.4) is 0 Å². The number of aliphatic hydroxyl groups excluding tert-OH is 1. The minimum absolute atomic E-state index is 0.0930. The number of carbonyl (C=O) groups is 1. The van der Waals surface area contributed by atoms with Gasteiger partial charge in [0.05, 0.1) is 12.6 Å². The Labute approximate surface area is 148 Å². The van der Waals surface area contributed by atoms with Crippen LogP contribution in [-0.2, 0) is 11.2 Å². The summed E-state index contributed by atoms with van der Waals surface area (Å²) in [6.45, 7) is 7.11. The van der Waals surface area contributed by atoms with Crippen molar-refractivity contribution in [3.8, 4) is 0 Å². The molecular weight excluding hydrogens is 316 g/mol. The Balaban J connectivity index is 1.44. The lowest BCUT2D eigenvalue weighted by molar-refractivity contribution is -0.126. The fourth-order valence-electron chi connectivity index (χ4n) is 3.49. The Bertz CT molecular complexity index is 692. The zero-order valence-corrected chi connectivity index (χ0v) is 14.9. The second-order valence-electron chi connectivity index (χ2n) is 6.68. The van der Waals surface area contributed by atoms with Crippen LogP contribution in [0.4, 0.5) is 0 Å². The smallest absolute Gasteiger partial charge is 0.237 e. The molecule has 3 rings (SSSR count). The van der Waals surface area contributed by atoms with Crippen molar-refractivity contribution in [3.05, 3.63) is 36.0 Å². The van der Waals surface area contributed by atoms with Crippen LogP contribution in [0, 0.1) is 0 Å². The monoisotopic (exact) mass is 344 g/mol. The van der Waals surface area contributed by atoms with Gasteiger partial charge < -0.3 is 15.4 Å². The van der Waals surface area contributed by atoms with Crippen molar-refractivity contribution in [2.75, 3.05) is 45.9 Å². The number of piperazine rings is 1. The number of β-amino-alcohol motifs (C(OH)–C–C–N with tert-alkyl or cyclic N) is 1. The first-order valence-corrected chi connectivity index (χ1v) is 9.09. The first-order valence-electron chi connectivity index (χ1n) is 9.09. The quantitative estimate of drug-likeness (QED) is 0.696. The second-order valence-corrected chi connectivity index (χ2v) is 6.68. The van der Waals surface area contributed by atoms with Gasteiger partial charge in [0, 0.05) is 56.4 Å². The molecule has 1 atom stereocenters. The molecule has 6 nitrogen and oxygen atoms in total. The summed E-state index contributed by atoms with van der Waals surface area (Å²) in [7, 11) is 0. The third-order valence-corrected chi connectivity index (χ3v) is 5.12. The molecule has 0 radical (unpaired) electrons. The predicted octanol–water partition coefficient (Wildman–Crippen LogP) is 0.825. The lowest BCUT2D eigenvalue weighted by Gasteiger charge is -2.37. The lowest BCUT2D eigenvalue weighted by Crippen LogP contribution is -2.54. The maximum absolute atomic E-state index is 12.4. The normalized spacial score (nSPS) is 17.7. The van der Waals surface area contributed by atoms with E-state index in [-0.39, 0.29) is 18.6 Å². The molecule has 6 heteroatoms. The molecule has 1 aromatic carbocycles. The highest BCUT2D eigenvalue weighted by Crippen LogP contribution is 2.17. The van der Waals surface area contributed by atoms with Crippen LogP contribution in [0.15, 0.2) is 30.5 Å². The Morgan fingerprint density at radius 2 is 2.04 bits per heavy atom. The van der Waals surface area contributed by atoms with Crippen LogP contribution in [0.2, 0.25) is 0 Å². The van der Waals surface area contributed by atoms with Gasteiger partial charge in [-0.3, -0.25) is 14.6 Å². The number of hydrogen-bond donors (Lipinski definition) is 3. The molecule has 1 aliphatic heterocycles. The van der Waals surface area contributed by atoms with Gasteiger partial charge in [-0.05, 0) is 25.0 Å². The Morgan fingerprint density at radius 1 is 1.28 bits per heavy atom. The topological polar surface area (TPSA) is 71.6 Å². The highest BCUT2D eigenvalue weighted by Gasteiger charge is 2.25. The van der Waals surface area contributed by atoms with E-state index in [1.807, 2.05) is 25.3 Å². The molecule has 1 saturated heterocycles. The van der Waals surface area contributed by atoms with E-state index in [9.17, 15) is 4.79 Å². The van der Waals surface area contributed by atoms with E-state index in [2.05, 4.69) is 32.2 Å². The van der Waals surface area contributed by atoms with E-state index < -0.39 is 0 Å². The molecular formula is C19H28N4O2. The lowest BCUT2D eigenvalue weighted by atomic mass is 10.1. The number of aromatic amines is 1. The number of carbonyl (C=O) groups excluding carboxylic acids is 1. The summed E-state index contributed by atoms with van der Waals surface area (Å²) in [6, 6.07) is 8.12. The summed E-state index contributed by atoms with van der Waals surface area (Å²) in [5.41, 5.74) is 2.37. The number of H-pyrrole nitrogens is 1. The molecule has 1 unspecified atom stereocenters. The van der Waals surface area contributed by atoms with Crippen LogP contribution >= 0.6 is 0 Å². The molecule has 3 N–H and O–H groups in total. The van der Waals surface area contributed by atoms with Gasteiger partial charge in [-0.15, -0.1) is 0 Å². The number of rotatable bonds is 7. The number of amides is 1. The second kappa shape index (κ2) is 8.47. The highest BCUT2D eigenvalue weighted by molar-refractivity contribution is 5.83. The first-order chi connectivity index (χ1) is 12.2. The van der Waals surface area contributed by atoms with Gasteiger partial charge in [0.2, 0.25) is 5.91 Å². The Morgan fingerprint density at radius 3 is 2.80 bits per heavy atom. The minimum Gasteiger partial charge on any atom is -0.395 e. The van der Waals surface area contributed by atoms with Crippen molar-refractivity contribution >= 4 is 16.8 Å². The Hall–Kier alpha value is -1.89. The molecule has 2 aromatic rings. The van der Waals surface area contributed by atoms with Gasteiger partial charge in [-0.1, -0.05) is 18.2 Å². The average Bonchev–Trinajstić information content (AvgIpc) is 3.05. The van der Waals surface area contributed by atoms with E-state index in [4.69, 9.17) is 5.11 Å². The molecule has 2 heterocycles. The van der Waals surface area contributed by atoms with E-state index in [1.54, 1.807) is 0 Å². The Kier molecular flexibility index (Phi) is 6.07. The average molecular weight is 344 g/mol. The first kappa shape index (κ1) is 17.9. The number of aliphatic hydroxyl groups is 1. The number of hydrogen-bond acceptors (Lipinski definition) is 4. The molecule has 25 heavy (non-hydrogen) atoms. The fourth-order valence-corrected chi connectivity index (χ4v) is 3.49. The number of fused-ring (bicyclic) bond motifs is 1. The minimum atomic E-state index is -0.112. The third-order valence-electron chi connectivity index (χ3n) is 5.12. The molecule has 1 aliphatic rings. The van der Waals surface area contributed by atoms with Crippen LogP contribution in [0.25, 0.3) is 10.9 Å². The van der Waals surface area contributed by atoms with Crippen LogP contribution in [0.5, 0.6) is 0 Å². The van der Waals surface area contributed by atoms with Gasteiger partial charge in [0.25, 0.3) is 0 Å². The molecule has 1 fully saturated rings.